The van der Waals surface area contributed by atoms with Crippen molar-refractivity contribution < 1.29 is 19.0 Å². The molecule has 0 radical (unpaired) electrons. The smallest absolute Gasteiger partial charge is 0.274 e. The molecule has 1 aromatic heterocycles. The number of amides is 1. The topological polar surface area (TPSA) is 60.9 Å². The molecule has 1 amide bonds. The first-order chi connectivity index (χ1) is 9.75. The Morgan fingerprint density at radius 2 is 2.30 bits per heavy atom. The van der Waals surface area contributed by atoms with Gasteiger partial charge in [-0.15, -0.1) is 11.3 Å². The summed E-state index contributed by atoms with van der Waals surface area (Å²) in [5.41, 5.74) is 0.190. The summed E-state index contributed by atoms with van der Waals surface area (Å²) in [6.07, 6.45) is 0.827. The van der Waals surface area contributed by atoms with Gasteiger partial charge in [0.2, 0.25) is 0 Å². The van der Waals surface area contributed by atoms with Gasteiger partial charge >= 0.3 is 0 Å². The van der Waals surface area contributed by atoms with Crippen molar-refractivity contribution in [3.05, 3.63) is 16.1 Å². The monoisotopic (exact) mass is 298 g/mol. The van der Waals surface area contributed by atoms with Gasteiger partial charge in [-0.2, -0.15) is 0 Å². The van der Waals surface area contributed by atoms with Gasteiger partial charge in [0.15, 0.2) is 0 Å². The molecule has 0 saturated carbocycles. The zero-order chi connectivity index (χ0) is 14.0. The van der Waals surface area contributed by atoms with E-state index in [0.717, 1.165) is 11.4 Å². The van der Waals surface area contributed by atoms with Crippen LogP contribution in [0.25, 0.3) is 0 Å². The number of carbonyl (C=O) groups excluding carboxylic acids is 1. The minimum Gasteiger partial charge on any atom is -0.379 e. The van der Waals surface area contributed by atoms with Crippen molar-refractivity contribution >= 4 is 17.2 Å². The highest BCUT2D eigenvalue weighted by Gasteiger charge is 2.46. The van der Waals surface area contributed by atoms with Crippen LogP contribution in [0.5, 0.6) is 0 Å². The van der Waals surface area contributed by atoms with Crippen LogP contribution in [0.3, 0.4) is 0 Å². The minimum absolute atomic E-state index is 0.0302. The second-order valence-electron chi connectivity index (χ2n) is 5.10. The minimum atomic E-state index is -0.305. The molecule has 0 N–H and O–H groups in total. The molecule has 1 atom stereocenters. The van der Waals surface area contributed by atoms with E-state index in [2.05, 4.69) is 4.98 Å². The first-order valence-electron chi connectivity index (χ1n) is 6.66. The van der Waals surface area contributed by atoms with Crippen LogP contribution in [-0.2, 0) is 20.8 Å². The second kappa shape index (κ2) is 5.77. The van der Waals surface area contributed by atoms with Crippen molar-refractivity contribution in [2.45, 2.75) is 18.6 Å². The molecule has 2 aliphatic heterocycles. The summed E-state index contributed by atoms with van der Waals surface area (Å²) in [5.74, 6) is -0.0302. The number of carbonyl (C=O) groups is 1. The predicted octanol–water partition coefficient (Wildman–Crippen LogP) is 0.921. The number of morpholine rings is 1. The summed E-state index contributed by atoms with van der Waals surface area (Å²) >= 11 is 1.45. The van der Waals surface area contributed by atoms with Gasteiger partial charge in [0.1, 0.15) is 10.7 Å². The quantitative estimate of drug-likeness (QED) is 0.830. The predicted molar refractivity (Wildman–Crippen MR) is 72.8 cm³/mol. The Morgan fingerprint density at radius 1 is 1.50 bits per heavy atom. The van der Waals surface area contributed by atoms with Crippen molar-refractivity contribution in [2.24, 2.45) is 0 Å². The van der Waals surface area contributed by atoms with Gasteiger partial charge in [-0.25, -0.2) is 4.98 Å². The van der Waals surface area contributed by atoms with Gasteiger partial charge in [0, 0.05) is 25.6 Å². The highest BCUT2D eigenvalue weighted by molar-refractivity contribution is 7.09. The van der Waals surface area contributed by atoms with Gasteiger partial charge in [-0.05, 0) is 6.42 Å². The molecular weight excluding hydrogens is 280 g/mol. The molecule has 0 aliphatic carbocycles. The highest BCUT2D eigenvalue weighted by Crippen LogP contribution is 2.30. The molecule has 0 bridgehead atoms. The summed E-state index contributed by atoms with van der Waals surface area (Å²) in [7, 11) is 1.62. The average molecular weight is 298 g/mol. The van der Waals surface area contributed by atoms with Crippen LogP contribution in [-0.4, -0.2) is 61.4 Å². The van der Waals surface area contributed by atoms with Crippen LogP contribution in [0, 0.1) is 0 Å². The molecule has 20 heavy (non-hydrogen) atoms. The Morgan fingerprint density at radius 3 is 3.05 bits per heavy atom. The number of nitrogens with zero attached hydrogens (tertiary/aromatic N) is 2. The summed E-state index contributed by atoms with van der Waals surface area (Å²) in [4.78, 5) is 18.9. The van der Waals surface area contributed by atoms with Crippen molar-refractivity contribution in [3.8, 4) is 0 Å². The van der Waals surface area contributed by atoms with E-state index in [4.69, 9.17) is 14.2 Å². The SMILES string of the molecule is COCc1nc(C(=O)N2CCOCC23CCOC3)cs1. The summed E-state index contributed by atoms with van der Waals surface area (Å²) in [6, 6.07) is 0. The lowest BCUT2D eigenvalue weighted by Crippen LogP contribution is -2.59. The summed E-state index contributed by atoms with van der Waals surface area (Å²) in [5, 5.41) is 2.62. The van der Waals surface area contributed by atoms with E-state index in [9.17, 15) is 4.79 Å². The third-order valence-corrected chi connectivity index (χ3v) is 4.59. The van der Waals surface area contributed by atoms with E-state index in [1.807, 2.05) is 4.90 Å². The van der Waals surface area contributed by atoms with Gasteiger partial charge < -0.3 is 19.1 Å². The van der Waals surface area contributed by atoms with Crippen LogP contribution in [0.15, 0.2) is 5.38 Å². The average Bonchev–Trinajstić information content (AvgIpc) is 3.10. The molecule has 3 heterocycles. The Kier molecular flexibility index (Phi) is 4.02. The van der Waals surface area contributed by atoms with Gasteiger partial charge in [0.25, 0.3) is 5.91 Å². The fourth-order valence-corrected chi connectivity index (χ4v) is 3.45. The second-order valence-corrected chi connectivity index (χ2v) is 6.04. The Hall–Kier alpha value is -1.02. The molecule has 110 valence electrons. The lowest BCUT2D eigenvalue weighted by Gasteiger charge is -2.43. The van der Waals surface area contributed by atoms with Crippen LogP contribution in [0.4, 0.5) is 0 Å². The van der Waals surface area contributed by atoms with Crippen molar-refractivity contribution in [3.63, 3.8) is 0 Å². The molecule has 0 aromatic carbocycles. The van der Waals surface area contributed by atoms with E-state index in [1.165, 1.54) is 11.3 Å². The molecule has 2 fully saturated rings. The molecule has 1 unspecified atom stereocenters. The maximum absolute atomic E-state index is 12.7. The normalized spacial score (nSPS) is 26.4. The molecule has 3 rings (SSSR count). The molecule has 6 nitrogen and oxygen atoms in total. The van der Waals surface area contributed by atoms with Gasteiger partial charge in [-0.3, -0.25) is 4.79 Å². The summed E-state index contributed by atoms with van der Waals surface area (Å²) < 4.78 is 16.1. The molecule has 7 heteroatoms. The standard InChI is InChI=1S/C13H18N2O4S/c1-17-6-11-14-10(7-20-11)12(16)15-3-5-19-9-13(15)2-4-18-8-13/h7H,2-6,8-9H2,1H3. The molecule has 2 aliphatic rings. The lowest BCUT2D eigenvalue weighted by atomic mass is 9.95. The third kappa shape index (κ3) is 2.46. The number of thiazole rings is 1. The fourth-order valence-electron chi connectivity index (χ4n) is 2.71. The maximum Gasteiger partial charge on any atom is 0.274 e. The van der Waals surface area contributed by atoms with Crippen molar-refractivity contribution in [2.75, 3.05) is 40.1 Å². The van der Waals surface area contributed by atoms with E-state index in [1.54, 1.807) is 12.5 Å². The number of rotatable bonds is 3. The number of methoxy groups -OCH3 is 1. The Bertz CT molecular complexity index is 484. The van der Waals surface area contributed by atoms with E-state index >= 15 is 0 Å². The van der Waals surface area contributed by atoms with Gasteiger partial charge in [0.05, 0.1) is 32.0 Å². The zero-order valence-corrected chi connectivity index (χ0v) is 12.3. The molecular formula is C13H18N2O4S. The van der Waals surface area contributed by atoms with Crippen LogP contribution >= 0.6 is 11.3 Å². The van der Waals surface area contributed by atoms with Crippen molar-refractivity contribution in [1.82, 2.24) is 9.88 Å². The molecule has 1 spiro atoms. The van der Waals surface area contributed by atoms with Crippen LogP contribution in [0.2, 0.25) is 0 Å². The molecule has 1 aromatic rings. The van der Waals surface area contributed by atoms with Gasteiger partial charge in [-0.1, -0.05) is 0 Å². The fraction of sp³-hybridized carbons (Fsp3) is 0.692. The zero-order valence-electron chi connectivity index (χ0n) is 11.5. The number of hydrogen-bond donors (Lipinski definition) is 0. The van der Waals surface area contributed by atoms with E-state index in [0.29, 0.717) is 45.3 Å². The third-order valence-electron chi connectivity index (χ3n) is 3.77. The Balaban J connectivity index is 1.80. The van der Waals surface area contributed by atoms with Crippen LogP contribution < -0.4 is 0 Å². The lowest BCUT2D eigenvalue weighted by molar-refractivity contribution is -0.0553. The first-order valence-corrected chi connectivity index (χ1v) is 7.54. The number of hydrogen-bond acceptors (Lipinski definition) is 6. The van der Waals surface area contributed by atoms with Crippen molar-refractivity contribution in [1.29, 1.82) is 0 Å². The first kappa shape index (κ1) is 13.9. The van der Waals surface area contributed by atoms with Crippen LogP contribution in [0.1, 0.15) is 21.9 Å². The number of ether oxygens (including phenoxy) is 3. The van der Waals surface area contributed by atoms with E-state index in [-0.39, 0.29) is 11.4 Å². The molecule has 2 saturated heterocycles. The highest BCUT2D eigenvalue weighted by atomic mass is 32.1. The number of aromatic nitrogens is 1. The largest absolute Gasteiger partial charge is 0.379 e. The summed E-state index contributed by atoms with van der Waals surface area (Å²) in [6.45, 7) is 3.39. The maximum atomic E-state index is 12.7. The Labute approximate surface area is 121 Å². The van der Waals surface area contributed by atoms with E-state index < -0.39 is 0 Å².